The van der Waals surface area contributed by atoms with E-state index in [4.69, 9.17) is 49.1 Å². The van der Waals surface area contributed by atoms with Crippen LogP contribution in [0.3, 0.4) is 0 Å². The molecule has 2 atom stereocenters. The van der Waals surface area contributed by atoms with Crippen molar-refractivity contribution in [2.24, 2.45) is 11.5 Å². The maximum Gasteiger partial charge on any atom is 0.290 e. The van der Waals surface area contributed by atoms with E-state index in [2.05, 4.69) is 63.2 Å². The normalized spacial score (nSPS) is 10.8. The molecule has 0 aliphatic rings. The van der Waals surface area contributed by atoms with Gasteiger partial charge >= 0.3 is 0 Å². The third kappa shape index (κ3) is 45.2. The van der Waals surface area contributed by atoms with Crippen LogP contribution >= 0.6 is 0 Å². The summed E-state index contributed by atoms with van der Waals surface area (Å²) in [6.45, 7) is 11.8. The minimum atomic E-state index is -0.759. The number of aliphatic hydroxyl groups excluding tert-OH is 3. The molecule has 3 amide bonds. The average molecular weight is 879 g/mol. The second-order valence-corrected chi connectivity index (χ2v) is 12.3. The third-order valence-electron chi connectivity index (χ3n) is 7.64. The number of carbonyl (C=O) groups is 4. The SMILES string of the molecule is CC.CCCCCCOC(CC(O)CCCCCCc1ccc(-c2cn(CCOCCOCCOCCC(=O)NCC)nn2)cc1)OO.CO.NC(=O)CO.NC=O.O=CO. The van der Waals surface area contributed by atoms with E-state index in [0.717, 1.165) is 69.7 Å². The summed E-state index contributed by atoms with van der Waals surface area (Å²) >= 11 is 0. The summed E-state index contributed by atoms with van der Waals surface area (Å²) in [6.07, 6.45) is 11.7. The number of aromatic nitrogens is 3. The topological polar surface area (TPSA) is 310 Å². The van der Waals surface area contributed by atoms with Gasteiger partial charge in [-0.2, -0.15) is 0 Å². The van der Waals surface area contributed by atoms with Crippen LogP contribution in [0.1, 0.15) is 104 Å². The summed E-state index contributed by atoms with van der Waals surface area (Å²) in [7, 11) is 1.00. The molecule has 356 valence electrons. The Morgan fingerprint density at radius 1 is 0.869 bits per heavy atom. The molecule has 0 saturated heterocycles. The number of hydrogen-bond acceptors (Lipinski definition) is 15. The van der Waals surface area contributed by atoms with E-state index < -0.39 is 24.9 Å². The lowest BCUT2D eigenvalue weighted by Crippen LogP contribution is -2.24. The van der Waals surface area contributed by atoms with Crippen LogP contribution in [-0.4, -0.2) is 144 Å². The third-order valence-corrected chi connectivity index (χ3v) is 7.64. The number of nitrogens with one attached hydrogen (secondary N) is 1. The molecule has 0 bridgehead atoms. The van der Waals surface area contributed by atoms with Gasteiger partial charge in [-0.1, -0.05) is 88.8 Å². The van der Waals surface area contributed by atoms with Crippen LogP contribution < -0.4 is 16.8 Å². The summed E-state index contributed by atoms with van der Waals surface area (Å²) < 4.78 is 23.8. The molecule has 20 heteroatoms. The van der Waals surface area contributed by atoms with Crippen LogP contribution in [0, 0.1) is 0 Å². The summed E-state index contributed by atoms with van der Waals surface area (Å²) in [5.41, 5.74) is 11.7. The number of rotatable bonds is 31. The lowest BCUT2D eigenvalue weighted by Gasteiger charge is -2.18. The lowest BCUT2D eigenvalue weighted by molar-refractivity contribution is -0.350. The number of benzene rings is 1. The van der Waals surface area contributed by atoms with Gasteiger partial charge < -0.3 is 56.2 Å². The molecule has 0 saturated carbocycles. The molecule has 20 nitrogen and oxygen atoms in total. The highest BCUT2D eigenvalue weighted by atomic mass is 17.1. The summed E-state index contributed by atoms with van der Waals surface area (Å²) in [5.74, 6) is -0.691. The van der Waals surface area contributed by atoms with Crippen molar-refractivity contribution < 1.29 is 68.7 Å². The van der Waals surface area contributed by atoms with Crippen LogP contribution in [-0.2, 0) is 56.0 Å². The molecule has 0 radical (unpaired) electrons. The Morgan fingerprint density at radius 2 is 1.41 bits per heavy atom. The van der Waals surface area contributed by atoms with Gasteiger partial charge in [-0.05, 0) is 38.2 Å². The molecule has 2 unspecified atom stereocenters. The first kappa shape index (κ1) is 63.5. The molecule has 1 aromatic heterocycles. The predicted molar refractivity (Wildman–Crippen MR) is 231 cm³/mol. The number of amides is 3. The molecule has 1 heterocycles. The molecule has 61 heavy (non-hydrogen) atoms. The number of hydrogen-bond donors (Lipinski definition) is 8. The second-order valence-electron chi connectivity index (χ2n) is 12.3. The average Bonchev–Trinajstić information content (AvgIpc) is 3.75. The molecular formula is C41H78N6O14. The van der Waals surface area contributed by atoms with E-state index in [-0.39, 0.29) is 25.2 Å². The van der Waals surface area contributed by atoms with E-state index in [0.29, 0.717) is 72.2 Å². The molecule has 10 N–H and O–H groups in total. The second kappa shape index (κ2) is 52.0. The first-order chi connectivity index (χ1) is 29.6. The Kier molecular flexibility index (Phi) is 54.2. The van der Waals surface area contributed by atoms with Gasteiger partial charge in [0.05, 0.1) is 58.5 Å². The maximum atomic E-state index is 11.3. The van der Waals surface area contributed by atoms with Crippen molar-refractivity contribution in [2.75, 3.05) is 66.5 Å². The first-order valence-corrected chi connectivity index (χ1v) is 20.8. The highest BCUT2D eigenvalue weighted by Crippen LogP contribution is 2.19. The fourth-order valence-electron chi connectivity index (χ4n) is 4.82. The van der Waals surface area contributed by atoms with E-state index in [1.54, 1.807) is 4.68 Å². The fourth-order valence-corrected chi connectivity index (χ4v) is 4.82. The number of ether oxygens (including phenoxy) is 4. The number of carboxylic acid groups (broad SMARTS) is 1. The minimum absolute atomic E-state index is 0.00115. The number of nitrogens with two attached hydrogens (primary N) is 2. The Hall–Kier alpha value is -4.12. The van der Waals surface area contributed by atoms with Crippen LogP contribution in [0.2, 0.25) is 0 Å². The Morgan fingerprint density at radius 3 is 1.95 bits per heavy atom. The zero-order chi connectivity index (χ0) is 46.8. The Labute approximate surface area is 362 Å². The molecular weight excluding hydrogens is 800 g/mol. The van der Waals surface area contributed by atoms with E-state index >= 15 is 0 Å². The van der Waals surface area contributed by atoms with E-state index in [1.165, 1.54) is 12.0 Å². The van der Waals surface area contributed by atoms with Crippen molar-refractivity contribution in [3.63, 3.8) is 0 Å². The molecule has 0 aliphatic heterocycles. The molecule has 2 aromatic rings. The molecule has 0 fully saturated rings. The van der Waals surface area contributed by atoms with Crippen molar-refractivity contribution >= 4 is 24.7 Å². The van der Waals surface area contributed by atoms with Crippen molar-refractivity contribution in [1.82, 2.24) is 20.3 Å². The summed E-state index contributed by atoms with van der Waals surface area (Å²) in [5, 5.41) is 52.1. The summed E-state index contributed by atoms with van der Waals surface area (Å²) in [6, 6.07) is 8.46. The van der Waals surface area contributed by atoms with Gasteiger partial charge in [-0.3, -0.25) is 19.2 Å². The predicted octanol–water partition coefficient (Wildman–Crippen LogP) is 3.08. The molecule has 0 aliphatic carbocycles. The molecule has 1 aromatic carbocycles. The smallest absolute Gasteiger partial charge is 0.290 e. The lowest BCUT2D eigenvalue weighted by atomic mass is 10.0. The zero-order valence-corrected chi connectivity index (χ0v) is 37.2. The quantitative estimate of drug-likeness (QED) is 0.0177. The number of nitrogens with zero attached hydrogens (tertiary/aromatic N) is 3. The highest BCUT2D eigenvalue weighted by Gasteiger charge is 2.15. The number of carbonyl (C=O) groups excluding carboxylic acids is 3. The standard InChI is InChI=1S/C34H58N4O8.C2H5NO2.C2H6.CH3NO.CH2O2.CH4O/c1-3-5-6-11-20-45-34(46-41)27-31(39)13-10-8-7-9-12-29-14-16-30(17-15-29)32-28-38(37-36-32)19-22-43-24-26-44-25-23-42-21-18-33(40)35-4-2;3-2(5)1-4;1-2;2*2-1-3;1-2/h14-17,28,31,34,39,41H,3-13,18-27H2,1-2H3,(H,35,40);4H,1H2,(H2,3,5);1-2H3;1H,(H2,2,3);1H,(H,2,3);2H,1H3. The number of primary amides is 2. The van der Waals surface area contributed by atoms with E-state index in [9.17, 15) is 14.7 Å². The minimum Gasteiger partial charge on any atom is -0.483 e. The number of unbranched alkanes of at least 4 members (excludes halogenated alkanes) is 6. The molecule has 2 rings (SSSR count). The van der Waals surface area contributed by atoms with Gasteiger partial charge in [-0.15, -0.1) is 5.10 Å². The van der Waals surface area contributed by atoms with E-state index in [1.807, 2.05) is 27.0 Å². The molecule has 0 spiro atoms. The Balaban J connectivity index is -0.000000943. The first-order valence-electron chi connectivity index (χ1n) is 20.8. The number of aryl methyl sites for hydroxylation is 1. The van der Waals surface area contributed by atoms with Gasteiger partial charge in [0.15, 0.2) is 6.29 Å². The van der Waals surface area contributed by atoms with Crippen LogP contribution in [0.15, 0.2) is 30.5 Å². The van der Waals surface area contributed by atoms with Crippen LogP contribution in [0.25, 0.3) is 11.3 Å². The highest BCUT2D eigenvalue weighted by molar-refractivity contribution is 5.75. The summed E-state index contributed by atoms with van der Waals surface area (Å²) in [4.78, 5) is 42.0. The van der Waals surface area contributed by atoms with Gasteiger partial charge in [0.25, 0.3) is 6.47 Å². The van der Waals surface area contributed by atoms with Crippen molar-refractivity contribution in [1.29, 1.82) is 0 Å². The fraction of sp³-hybridized carbons (Fsp3) is 0.707. The van der Waals surface area contributed by atoms with Gasteiger partial charge in [-0.25, -0.2) is 14.8 Å². The van der Waals surface area contributed by atoms with Crippen molar-refractivity contribution in [2.45, 2.75) is 124 Å². The maximum absolute atomic E-state index is 11.3. The van der Waals surface area contributed by atoms with Crippen molar-refractivity contribution in [3.8, 4) is 11.3 Å². The van der Waals surface area contributed by atoms with Crippen molar-refractivity contribution in [3.05, 3.63) is 36.0 Å². The monoisotopic (exact) mass is 879 g/mol. The van der Waals surface area contributed by atoms with Gasteiger partial charge in [0, 0.05) is 38.7 Å². The van der Waals surface area contributed by atoms with Gasteiger partial charge in [0.1, 0.15) is 12.3 Å². The largest absolute Gasteiger partial charge is 0.483 e. The zero-order valence-electron chi connectivity index (χ0n) is 37.2. The van der Waals surface area contributed by atoms with Crippen LogP contribution in [0.5, 0.6) is 0 Å². The van der Waals surface area contributed by atoms with Crippen LogP contribution in [0.4, 0.5) is 0 Å². The van der Waals surface area contributed by atoms with Gasteiger partial charge in [0.2, 0.25) is 18.2 Å². The number of aliphatic hydroxyl groups is 3. The Bertz CT molecular complexity index is 1220.